The molecule has 0 fully saturated rings. The first-order chi connectivity index (χ1) is 20.2. The number of aromatic amines is 1. The highest BCUT2D eigenvalue weighted by molar-refractivity contribution is 7.90. The molecule has 0 saturated carbocycles. The van der Waals surface area contributed by atoms with Crippen molar-refractivity contribution < 1.29 is 35.9 Å². The maximum absolute atomic E-state index is 12.9. The number of hydrogen-bond donors (Lipinski definition) is 3. The van der Waals surface area contributed by atoms with Crippen LogP contribution < -0.4 is 14.8 Å². The van der Waals surface area contributed by atoms with Crippen molar-refractivity contribution in [2.75, 3.05) is 7.11 Å². The van der Waals surface area contributed by atoms with Crippen LogP contribution in [-0.2, 0) is 10.0 Å². The molecule has 2 unspecified atom stereocenters. The largest absolute Gasteiger partial charge is 0.496 e. The van der Waals surface area contributed by atoms with Crippen molar-refractivity contribution in [3.63, 3.8) is 0 Å². The fourth-order valence-corrected chi connectivity index (χ4v) is 6.09. The van der Waals surface area contributed by atoms with Gasteiger partial charge in [0, 0.05) is 52.2 Å². The van der Waals surface area contributed by atoms with E-state index in [2.05, 4.69) is 15.0 Å². The number of aryl methyl sites for hydroxylation is 1. The van der Waals surface area contributed by atoms with Crippen LogP contribution in [0.4, 0.5) is 13.2 Å². The molecule has 0 radical (unpaired) electrons. The third kappa shape index (κ3) is 7.37. The molecule has 4 rings (SSSR count). The van der Waals surface area contributed by atoms with Gasteiger partial charge in [0.25, 0.3) is 21.8 Å². The quantitative estimate of drug-likeness (QED) is 0.196. The average molecular weight is 616 g/mol. The molecule has 12 heteroatoms. The molecule has 43 heavy (non-hydrogen) atoms. The van der Waals surface area contributed by atoms with Crippen molar-refractivity contribution in [2.24, 2.45) is 0 Å². The second kappa shape index (κ2) is 12.5. The van der Waals surface area contributed by atoms with Crippen molar-refractivity contribution in [1.82, 2.24) is 15.0 Å². The number of benzene rings is 3. The third-order valence-electron chi connectivity index (χ3n) is 7.25. The topological polar surface area (TPSA) is 117 Å². The van der Waals surface area contributed by atoms with Gasteiger partial charge in [0.2, 0.25) is 0 Å². The summed E-state index contributed by atoms with van der Waals surface area (Å²) in [6, 6.07) is 15.3. The molecule has 1 heterocycles. The van der Waals surface area contributed by atoms with Gasteiger partial charge < -0.3 is 15.0 Å². The van der Waals surface area contributed by atoms with E-state index in [1.54, 1.807) is 55.6 Å². The molecule has 0 aliphatic heterocycles. The third-order valence-corrected chi connectivity index (χ3v) is 8.74. The summed E-state index contributed by atoms with van der Waals surface area (Å²) in [6.45, 7) is 5.08. The number of ether oxygens (including phenoxy) is 1. The van der Waals surface area contributed by atoms with Crippen molar-refractivity contribution in [3.8, 4) is 5.75 Å². The van der Waals surface area contributed by atoms with Gasteiger partial charge in [-0.2, -0.15) is 13.2 Å². The molecule has 4 aromatic rings. The van der Waals surface area contributed by atoms with Crippen LogP contribution in [0.3, 0.4) is 0 Å². The zero-order valence-electron chi connectivity index (χ0n) is 24.0. The van der Waals surface area contributed by atoms with E-state index in [-0.39, 0.29) is 22.8 Å². The number of carbonyl (C=O) groups excluding carboxylic acids is 2. The number of fused-ring (bicyclic) bond motifs is 1. The standard InChI is InChI=1S/C31H32F3N3O5S/c1-18-7-5-6-8-28(18)43(40,41)37-30(39)22-9-11-23(27(16-22)42-4)20(3)25-17-35-26-12-10-21(15-24(25)26)29(38)36-19(2)13-14-31(32,33)34/h5-12,15-17,19-20,35H,13-14H2,1-4H3,(H,36,38)(H,37,39). The minimum atomic E-state index is -4.30. The van der Waals surface area contributed by atoms with Gasteiger partial charge in [0.1, 0.15) is 5.75 Å². The van der Waals surface area contributed by atoms with Gasteiger partial charge in [0.05, 0.1) is 12.0 Å². The maximum atomic E-state index is 12.9. The minimum absolute atomic E-state index is 0.00343. The summed E-state index contributed by atoms with van der Waals surface area (Å²) >= 11 is 0. The van der Waals surface area contributed by atoms with Crippen LogP contribution in [-0.4, -0.2) is 44.5 Å². The fourth-order valence-electron chi connectivity index (χ4n) is 4.87. The highest BCUT2D eigenvalue weighted by Crippen LogP contribution is 2.36. The maximum Gasteiger partial charge on any atom is 0.389 e. The van der Waals surface area contributed by atoms with Gasteiger partial charge in [-0.25, -0.2) is 13.1 Å². The summed E-state index contributed by atoms with van der Waals surface area (Å²) in [5.41, 5.74) is 3.15. The van der Waals surface area contributed by atoms with Crippen molar-refractivity contribution >= 4 is 32.7 Å². The Balaban J connectivity index is 1.56. The lowest BCUT2D eigenvalue weighted by Gasteiger charge is -2.17. The number of carbonyl (C=O) groups is 2. The molecular weight excluding hydrogens is 583 g/mol. The van der Waals surface area contributed by atoms with Crippen LogP contribution in [0, 0.1) is 6.92 Å². The van der Waals surface area contributed by atoms with E-state index in [9.17, 15) is 31.2 Å². The molecule has 0 saturated heterocycles. The Morgan fingerprint density at radius 3 is 2.30 bits per heavy atom. The summed E-state index contributed by atoms with van der Waals surface area (Å²) in [4.78, 5) is 28.9. The fraction of sp³-hybridized carbons (Fsp3) is 0.290. The van der Waals surface area contributed by atoms with Crippen molar-refractivity contribution in [2.45, 2.75) is 56.6 Å². The zero-order valence-corrected chi connectivity index (χ0v) is 24.8. The van der Waals surface area contributed by atoms with Crippen LogP contribution in [0.5, 0.6) is 5.75 Å². The van der Waals surface area contributed by atoms with E-state index < -0.39 is 40.5 Å². The summed E-state index contributed by atoms with van der Waals surface area (Å²) in [5, 5.41) is 3.35. The first-order valence-electron chi connectivity index (χ1n) is 13.5. The zero-order chi connectivity index (χ0) is 31.5. The summed E-state index contributed by atoms with van der Waals surface area (Å²) in [7, 11) is -2.66. The predicted molar refractivity (Wildman–Crippen MR) is 157 cm³/mol. The van der Waals surface area contributed by atoms with Crippen LogP contribution in [0.15, 0.2) is 71.8 Å². The molecule has 0 spiro atoms. The number of rotatable bonds is 10. The molecule has 228 valence electrons. The van der Waals surface area contributed by atoms with Gasteiger partial charge in [-0.15, -0.1) is 0 Å². The summed E-state index contributed by atoms with van der Waals surface area (Å²) in [6.07, 6.45) is -3.72. The minimum Gasteiger partial charge on any atom is -0.496 e. The van der Waals surface area contributed by atoms with E-state index >= 15 is 0 Å². The molecule has 1 aromatic heterocycles. The molecule has 0 aliphatic carbocycles. The number of nitrogens with one attached hydrogen (secondary N) is 3. The monoisotopic (exact) mass is 615 g/mol. The summed E-state index contributed by atoms with van der Waals surface area (Å²) < 4.78 is 71.0. The smallest absolute Gasteiger partial charge is 0.389 e. The number of methoxy groups -OCH3 is 1. The van der Waals surface area contributed by atoms with Gasteiger partial charge in [-0.1, -0.05) is 31.2 Å². The Bertz CT molecular complexity index is 1770. The molecular formula is C31H32F3N3O5S. The second-order valence-corrected chi connectivity index (χ2v) is 12.1. The number of halogens is 3. The number of H-pyrrole nitrogens is 1. The lowest BCUT2D eigenvalue weighted by molar-refractivity contribution is -0.136. The Hall–Kier alpha value is -4.32. The van der Waals surface area contributed by atoms with E-state index in [0.717, 1.165) is 16.5 Å². The Labute approximate surface area is 247 Å². The normalized spacial score (nSPS) is 13.4. The molecule has 2 atom stereocenters. The van der Waals surface area contributed by atoms with Gasteiger partial charge >= 0.3 is 6.18 Å². The highest BCUT2D eigenvalue weighted by Gasteiger charge is 2.28. The van der Waals surface area contributed by atoms with Gasteiger partial charge in [0.15, 0.2) is 0 Å². The van der Waals surface area contributed by atoms with E-state index in [1.165, 1.54) is 32.2 Å². The molecule has 3 N–H and O–H groups in total. The summed E-state index contributed by atoms with van der Waals surface area (Å²) in [5.74, 6) is -1.23. The van der Waals surface area contributed by atoms with Crippen molar-refractivity contribution in [3.05, 3.63) is 94.7 Å². The van der Waals surface area contributed by atoms with Crippen LogP contribution in [0.2, 0.25) is 0 Å². The lowest BCUT2D eigenvalue weighted by atomic mass is 9.91. The lowest BCUT2D eigenvalue weighted by Crippen LogP contribution is -2.33. The van der Waals surface area contributed by atoms with Crippen LogP contribution >= 0.6 is 0 Å². The molecule has 0 aliphatic rings. The molecule has 8 nitrogen and oxygen atoms in total. The second-order valence-electron chi connectivity index (χ2n) is 10.4. The van der Waals surface area contributed by atoms with E-state index in [4.69, 9.17) is 4.74 Å². The predicted octanol–water partition coefficient (Wildman–Crippen LogP) is 6.22. The Morgan fingerprint density at radius 2 is 1.63 bits per heavy atom. The van der Waals surface area contributed by atoms with Crippen LogP contribution in [0.25, 0.3) is 10.9 Å². The number of amides is 2. The number of aromatic nitrogens is 1. The molecule has 2 amide bonds. The molecule has 0 bridgehead atoms. The Kier molecular flexibility index (Phi) is 9.19. The first kappa shape index (κ1) is 31.6. The first-order valence-corrected chi connectivity index (χ1v) is 15.0. The molecule has 3 aromatic carbocycles. The van der Waals surface area contributed by atoms with E-state index in [1.807, 2.05) is 6.92 Å². The Morgan fingerprint density at radius 1 is 0.953 bits per heavy atom. The SMILES string of the molecule is COc1cc(C(=O)NS(=O)(=O)c2ccccc2C)ccc1C(C)c1c[nH]c2ccc(C(=O)NC(C)CCC(F)(F)F)cc12. The van der Waals surface area contributed by atoms with Gasteiger partial charge in [-0.05, 0) is 67.8 Å². The number of sulfonamides is 1. The van der Waals surface area contributed by atoms with Crippen molar-refractivity contribution in [1.29, 1.82) is 0 Å². The van der Waals surface area contributed by atoms with Gasteiger partial charge in [-0.3, -0.25) is 9.59 Å². The van der Waals surface area contributed by atoms with Crippen LogP contribution in [0.1, 0.15) is 70.0 Å². The van der Waals surface area contributed by atoms with E-state index in [0.29, 0.717) is 22.4 Å². The number of hydrogen-bond acceptors (Lipinski definition) is 5. The number of alkyl halides is 3. The average Bonchev–Trinajstić information content (AvgIpc) is 3.38. The highest BCUT2D eigenvalue weighted by atomic mass is 32.2.